The molecule has 0 saturated heterocycles. The highest BCUT2D eigenvalue weighted by Gasteiger charge is 2.05. The van der Waals surface area contributed by atoms with E-state index in [0.29, 0.717) is 12.3 Å². The molecule has 0 aliphatic carbocycles. The van der Waals surface area contributed by atoms with Gasteiger partial charge in [-0.1, -0.05) is 34.1 Å². The molecule has 0 aliphatic heterocycles. The molecule has 2 nitrogen and oxygen atoms in total. The van der Waals surface area contributed by atoms with Gasteiger partial charge in [-0.05, 0) is 49.6 Å². The molecule has 0 amide bonds. The van der Waals surface area contributed by atoms with Crippen LogP contribution in [0.25, 0.3) is 0 Å². The Morgan fingerprint density at radius 3 is 2.32 bits per heavy atom. The number of nitrogens with one attached hydrogen (secondary N) is 1. The highest BCUT2D eigenvalue weighted by molar-refractivity contribution is 9.10. The van der Waals surface area contributed by atoms with Crippen molar-refractivity contribution in [3.8, 4) is 5.75 Å². The second-order valence-electron chi connectivity index (χ2n) is 4.86. The van der Waals surface area contributed by atoms with Crippen LogP contribution < -0.4 is 5.32 Å². The molecule has 0 aromatic heterocycles. The smallest absolute Gasteiger partial charge is 0.123 e. The lowest BCUT2D eigenvalue weighted by molar-refractivity contribution is 0.465. The maximum absolute atomic E-state index is 9.98. The highest BCUT2D eigenvalue weighted by atomic mass is 79.9. The van der Waals surface area contributed by atoms with Crippen molar-refractivity contribution in [2.45, 2.75) is 27.3 Å². The minimum Gasteiger partial charge on any atom is -0.507 e. The Morgan fingerprint density at radius 2 is 1.68 bits per heavy atom. The number of aryl methyl sites for hydroxylation is 3. The van der Waals surface area contributed by atoms with Crippen LogP contribution in [-0.4, -0.2) is 5.11 Å². The first kappa shape index (κ1) is 13.9. The van der Waals surface area contributed by atoms with E-state index < -0.39 is 0 Å². The van der Waals surface area contributed by atoms with Gasteiger partial charge in [-0.2, -0.15) is 0 Å². The predicted molar refractivity (Wildman–Crippen MR) is 83.8 cm³/mol. The Bertz CT molecular complexity index is 585. The summed E-state index contributed by atoms with van der Waals surface area (Å²) in [6.45, 7) is 6.68. The molecule has 0 unspecified atom stereocenters. The molecule has 0 aliphatic rings. The number of benzene rings is 2. The SMILES string of the molecule is Cc1cccc(CNc2cc(C)c(Br)c(C)c2)c1O. The average Bonchev–Trinajstić information content (AvgIpc) is 2.37. The van der Waals surface area contributed by atoms with E-state index in [1.807, 2.05) is 25.1 Å². The van der Waals surface area contributed by atoms with Gasteiger partial charge in [0.25, 0.3) is 0 Å². The summed E-state index contributed by atoms with van der Waals surface area (Å²) in [7, 11) is 0. The zero-order valence-electron chi connectivity index (χ0n) is 11.4. The van der Waals surface area contributed by atoms with Gasteiger partial charge in [-0.25, -0.2) is 0 Å². The summed E-state index contributed by atoms with van der Waals surface area (Å²) >= 11 is 3.56. The number of halogens is 1. The molecule has 0 radical (unpaired) electrons. The van der Waals surface area contributed by atoms with E-state index in [9.17, 15) is 5.11 Å². The fourth-order valence-corrected chi connectivity index (χ4v) is 2.34. The van der Waals surface area contributed by atoms with Crippen LogP contribution in [0.15, 0.2) is 34.8 Å². The third-order valence-electron chi connectivity index (χ3n) is 3.24. The van der Waals surface area contributed by atoms with Crippen LogP contribution in [0.3, 0.4) is 0 Å². The molecule has 0 heterocycles. The Balaban J connectivity index is 2.17. The predicted octanol–water partition coefficient (Wildman–Crippen LogP) is 4.69. The van der Waals surface area contributed by atoms with E-state index >= 15 is 0 Å². The van der Waals surface area contributed by atoms with E-state index in [1.165, 1.54) is 11.1 Å². The van der Waals surface area contributed by atoms with Gasteiger partial charge in [-0.3, -0.25) is 0 Å². The van der Waals surface area contributed by atoms with Crippen LogP contribution in [0, 0.1) is 20.8 Å². The minimum absolute atomic E-state index is 0.376. The standard InChI is InChI=1S/C16H18BrNO/c1-10-5-4-6-13(16(10)19)9-18-14-7-11(2)15(17)12(3)8-14/h4-8,18-19H,9H2,1-3H3. The van der Waals surface area contributed by atoms with Crippen LogP contribution in [0.1, 0.15) is 22.3 Å². The third kappa shape index (κ3) is 3.10. The number of phenolic OH excluding ortho intramolecular Hbond substituents is 1. The third-order valence-corrected chi connectivity index (χ3v) is 4.49. The second kappa shape index (κ2) is 5.66. The van der Waals surface area contributed by atoms with Gasteiger partial charge in [0, 0.05) is 22.3 Å². The van der Waals surface area contributed by atoms with Crippen molar-refractivity contribution in [1.82, 2.24) is 0 Å². The van der Waals surface area contributed by atoms with Gasteiger partial charge in [0.2, 0.25) is 0 Å². The van der Waals surface area contributed by atoms with E-state index in [2.05, 4.69) is 47.2 Å². The summed E-state index contributed by atoms with van der Waals surface area (Å²) < 4.78 is 1.15. The average molecular weight is 320 g/mol. The molecular weight excluding hydrogens is 302 g/mol. The number of phenols is 1. The zero-order chi connectivity index (χ0) is 14.0. The molecule has 0 spiro atoms. The van der Waals surface area contributed by atoms with E-state index in [1.54, 1.807) is 0 Å². The Hall–Kier alpha value is -1.48. The number of anilines is 1. The molecular formula is C16H18BrNO. The highest BCUT2D eigenvalue weighted by Crippen LogP contribution is 2.26. The van der Waals surface area contributed by atoms with Gasteiger partial charge < -0.3 is 10.4 Å². The molecule has 2 rings (SSSR count). The van der Waals surface area contributed by atoms with Crippen LogP contribution >= 0.6 is 15.9 Å². The molecule has 0 bridgehead atoms. The van der Waals surface area contributed by atoms with Crippen molar-refractivity contribution in [3.63, 3.8) is 0 Å². The monoisotopic (exact) mass is 319 g/mol. The Morgan fingerprint density at radius 1 is 1.05 bits per heavy atom. The van der Waals surface area contributed by atoms with Crippen molar-refractivity contribution in [2.24, 2.45) is 0 Å². The lowest BCUT2D eigenvalue weighted by Gasteiger charge is -2.12. The van der Waals surface area contributed by atoms with Gasteiger partial charge in [0.1, 0.15) is 5.75 Å². The fraction of sp³-hybridized carbons (Fsp3) is 0.250. The number of hydrogen-bond acceptors (Lipinski definition) is 2. The van der Waals surface area contributed by atoms with Gasteiger partial charge in [0.05, 0.1) is 0 Å². The molecule has 19 heavy (non-hydrogen) atoms. The second-order valence-corrected chi connectivity index (χ2v) is 5.65. The quantitative estimate of drug-likeness (QED) is 0.860. The summed E-state index contributed by atoms with van der Waals surface area (Å²) in [5.41, 5.74) is 5.30. The van der Waals surface area contributed by atoms with Gasteiger partial charge in [-0.15, -0.1) is 0 Å². The number of aromatic hydroxyl groups is 1. The summed E-state index contributed by atoms with van der Waals surface area (Å²) in [6.07, 6.45) is 0. The molecule has 2 aromatic rings. The normalized spacial score (nSPS) is 10.5. The van der Waals surface area contributed by atoms with Crippen LogP contribution in [-0.2, 0) is 6.54 Å². The lowest BCUT2D eigenvalue weighted by atomic mass is 10.1. The molecule has 2 N–H and O–H groups in total. The first-order valence-corrected chi connectivity index (χ1v) is 7.06. The van der Waals surface area contributed by atoms with Gasteiger partial charge in [0.15, 0.2) is 0 Å². The van der Waals surface area contributed by atoms with E-state index in [4.69, 9.17) is 0 Å². The molecule has 3 heteroatoms. The van der Waals surface area contributed by atoms with Crippen LogP contribution in [0.2, 0.25) is 0 Å². The fourth-order valence-electron chi connectivity index (χ4n) is 2.11. The maximum Gasteiger partial charge on any atom is 0.123 e. The Labute approximate surface area is 122 Å². The van der Waals surface area contributed by atoms with Crippen molar-refractivity contribution in [3.05, 3.63) is 57.1 Å². The molecule has 0 saturated carbocycles. The van der Waals surface area contributed by atoms with E-state index in [-0.39, 0.29) is 0 Å². The van der Waals surface area contributed by atoms with E-state index in [0.717, 1.165) is 21.3 Å². The first-order chi connectivity index (χ1) is 8.99. The number of rotatable bonds is 3. The summed E-state index contributed by atoms with van der Waals surface area (Å²) in [4.78, 5) is 0. The summed E-state index contributed by atoms with van der Waals surface area (Å²) in [5.74, 6) is 0.376. The van der Waals surface area contributed by atoms with Crippen molar-refractivity contribution in [1.29, 1.82) is 0 Å². The largest absolute Gasteiger partial charge is 0.507 e. The molecule has 100 valence electrons. The van der Waals surface area contributed by atoms with Crippen molar-refractivity contribution < 1.29 is 5.11 Å². The topological polar surface area (TPSA) is 32.3 Å². The van der Waals surface area contributed by atoms with Crippen molar-refractivity contribution in [2.75, 3.05) is 5.32 Å². The lowest BCUT2D eigenvalue weighted by Crippen LogP contribution is -2.01. The summed E-state index contributed by atoms with van der Waals surface area (Å²) in [6, 6.07) is 10.0. The van der Waals surface area contributed by atoms with Crippen LogP contribution in [0.5, 0.6) is 5.75 Å². The molecule has 0 fully saturated rings. The number of hydrogen-bond donors (Lipinski definition) is 2. The zero-order valence-corrected chi connectivity index (χ0v) is 13.0. The Kier molecular flexibility index (Phi) is 4.15. The molecule has 2 aromatic carbocycles. The van der Waals surface area contributed by atoms with Crippen molar-refractivity contribution >= 4 is 21.6 Å². The first-order valence-electron chi connectivity index (χ1n) is 6.27. The minimum atomic E-state index is 0.376. The van der Waals surface area contributed by atoms with Crippen LogP contribution in [0.4, 0.5) is 5.69 Å². The summed E-state index contributed by atoms with van der Waals surface area (Å²) in [5, 5.41) is 13.3. The number of para-hydroxylation sites is 1. The molecule has 0 atom stereocenters. The van der Waals surface area contributed by atoms with Gasteiger partial charge >= 0.3 is 0 Å². The maximum atomic E-state index is 9.98.